The molecule has 14 heteroatoms. The van der Waals surface area contributed by atoms with E-state index in [1.165, 1.54) is 26.3 Å². The number of nitrogens with zero attached hydrogens (tertiary/aromatic N) is 4. The van der Waals surface area contributed by atoms with Gasteiger partial charge in [0, 0.05) is 46.9 Å². The van der Waals surface area contributed by atoms with Gasteiger partial charge in [0.05, 0.1) is 32.7 Å². The molecule has 0 aliphatic rings. The van der Waals surface area contributed by atoms with Crippen molar-refractivity contribution in [2.24, 2.45) is 10.3 Å². The first-order valence-electron chi connectivity index (χ1n) is 8.64. The molecule has 0 spiro atoms. The molecule has 2 rings (SSSR count). The second kappa shape index (κ2) is 14.1. The van der Waals surface area contributed by atoms with Crippen LogP contribution in [0.4, 0.5) is 0 Å². The highest BCUT2D eigenvalue weighted by atomic mass is 32.2. The highest BCUT2D eigenvalue weighted by Gasteiger charge is 2.07. The number of rotatable bonds is 6. The smallest absolute Gasteiger partial charge is 0.343 e. The minimum absolute atomic E-state index is 0.312. The molecule has 2 aromatic rings. The molecular formula is C17H24N4O8S2. The summed E-state index contributed by atoms with van der Waals surface area (Å²) >= 11 is 0. The van der Waals surface area contributed by atoms with Crippen LogP contribution < -0.4 is 9.13 Å². The number of pyridine rings is 2. The summed E-state index contributed by atoms with van der Waals surface area (Å²) in [4.78, 5) is 0. The second-order valence-corrected chi connectivity index (χ2v) is 9.00. The highest BCUT2D eigenvalue weighted by Crippen LogP contribution is 1.91. The number of hydrogen-bond acceptors (Lipinski definition) is 10. The van der Waals surface area contributed by atoms with Gasteiger partial charge in [-0.15, -0.1) is 9.13 Å². The van der Waals surface area contributed by atoms with E-state index >= 15 is 0 Å². The van der Waals surface area contributed by atoms with E-state index in [2.05, 4.69) is 10.3 Å². The summed E-state index contributed by atoms with van der Waals surface area (Å²) in [6.07, 6.45) is 10.3. The van der Waals surface area contributed by atoms with Crippen LogP contribution in [0.25, 0.3) is 0 Å². The van der Waals surface area contributed by atoms with E-state index in [0.29, 0.717) is 6.67 Å². The SMILES string of the molecule is CCS(=O)(=O)[O-].CCS(=O)(=O)[O-].O/N=C/c1cc[n+](C[n+]2ccc(/C=N/O)cc2)cc1. The van der Waals surface area contributed by atoms with Crippen molar-refractivity contribution in [3.8, 4) is 0 Å². The van der Waals surface area contributed by atoms with Crippen molar-refractivity contribution in [2.45, 2.75) is 20.5 Å². The average Bonchev–Trinajstić information content (AvgIpc) is 2.71. The summed E-state index contributed by atoms with van der Waals surface area (Å²) in [6.45, 7) is 3.28. The Hall–Kier alpha value is -2.94. The van der Waals surface area contributed by atoms with Crippen LogP contribution in [0.3, 0.4) is 0 Å². The van der Waals surface area contributed by atoms with Gasteiger partial charge in [-0.05, 0) is 0 Å². The molecule has 0 aromatic carbocycles. The van der Waals surface area contributed by atoms with Crippen molar-refractivity contribution in [3.63, 3.8) is 0 Å². The van der Waals surface area contributed by atoms with E-state index < -0.39 is 20.2 Å². The largest absolute Gasteiger partial charge is 0.748 e. The summed E-state index contributed by atoms with van der Waals surface area (Å²) in [5.74, 6) is -0.625. The lowest BCUT2D eigenvalue weighted by atomic mass is 10.3. The van der Waals surface area contributed by atoms with Gasteiger partial charge < -0.3 is 19.5 Å². The standard InChI is InChI=1S/C13H12N4O2.2C2H6O3S/c18-14-9-12-1-5-16(6-2-12)11-17-7-3-13(4-8-17)10-15-19;2*1-2-6(3,4)5/h1-10H,11H2;2*2H2,1H3,(H,3,4,5). The van der Waals surface area contributed by atoms with Crippen molar-refractivity contribution >= 4 is 32.7 Å². The molecule has 0 aliphatic heterocycles. The monoisotopic (exact) mass is 476 g/mol. The zero-order chi connectivity index (χ0) is 23.9. The Morgan fingerprint density at radius 2 is 1.03 bits per heavy atom. The molecule has 0 bridgehead atoms. The molecule has 0 amide bonds. The zero-order valence-corrected chi connectivity index (χ0v) is 18.5. The van der Waals surface area contributed by atoms with Gasteiger partial charge in [-0.1, -0.05) is 24.2 Å². The Labute approximate surface area is 180 Å². The molecule has 0 saturated carbocycles. The molecule has 0 radical (unpaired) electrons. The second-order valence-electron chi connectivity index (χ2n) is 5.61. The van der Waals surface area contributed by atoms with Crippen LogP contribution >= 0.6 is 0 Å². The maximum Gasteiger partial charge on any atom is 0.343 e. The van der Waals surface area contributed by atoms with Crippen LogP contribution in [-0.4, -0.2) is 60.3 Å². The molecule has 172 valence electrons. The molecule has 0 atom stereocenters. The third kappa shape index (κ3) is 15.5. The van der Waals surface area contributed by atoms with Crippen LogP contribution in [0, 0.1) is 0 Å². The highest BCUT2D eigenvalue weighted by molar-refractivity contribution is 7.85. The van der Waals surface area contributed by atoms with Crippen molar-refractivity contribution in [1.29, 1.82) is 0 Å². The Bertz CT molecular complexity index is 951. The van der Waals surface area contributed by atoms with Crippen molar-refractivity contribution in [1.82, 2.24) is 0 Å². The first-order chi connectivity index (χ1) is 14.4. The number of oxime groups is 2. The van der Waals surface area contributed by atoms with Crippen LogP contribution in [-0.2, 0) is 26.9 Å². The van der Waals surface area contributed by atoms with E-state index in [-0.39, 0.29) is 11.5 Å². The summed E-state index contributed by atoms with van der Waals surface area (Å²) in [5.41, 5.74) is 1.66. The maximum absolute atomic E-state index is 9.44. The molecule has 2 aromatic heterocycles. The van der Waals surface area contributed by atoms with Crippen LogP contribution in [0.5, 0.6) is 0 Å². The molecule has 2 heterocycles. The summed E-state index contributed by atoms with van der Waals surface area (Å²) in [6, 6.07) is 7.42. The lowest BCUT2D eigenvalue weighted by Crippen LogP contribution is -2.50. The Balaban J connectivity index is 0.000000620. The van der Waals surface area contributed by atoms with Gasteiger partial charge in [0.1, 0.15) is 0 Å². The van der Waals surface area contributed by atoms with Crippen LogP contribution in [0.2, 0.25) is 0 Å². The Morgan fingerprint density at radius 3 is 1.23 bits per heavy atom. The van der Waals surface area contributed by atoms with Gasteiger partial charge in [0.25, 0.3) is 0 Å². The van der Waals surface area contributed by atoms with Crippen LogP contribution in [0.15, 0.2) is 59.4 Å². The van der Waals surface area contributed by atoms with Gasteiger partial charge >= 0.3 is 6.67 Å². The lowest BCUT2D eigenvalue weighted by Gasteiger charge is -1.97. The minimum atomic E-state index is -3.91. The van der Waals surface area contributed by atoms with E-state index in [4.69, 9.17) is 10.4 Å². The fourth-order valence-corrected chi connectivity index (χ4v) is 1.62. The van der Waals surface area contributed by atoms with E-state index in [1.54, 1.807) is 0 Å². The topological polar surface area (TPSA) is 187 Å². The fraction of sp³-hybridized carbons (Fsp3) is 0.294. The zero-order valence-electron chi connectivity index (χ0n) is 16.8. The van der Waals surface area contributed by atoms with Gasteiger partial charge in [-0.2, -0.15) is 0 Å². The fourth-order valence-electron chi connectivity index (χ4n) is 1.62. The normalized spacial score (nSPS) is 11.5. The predicted octanol–water partition coefficient (Wildman–Crippen LogP) is -0.513. The molecule has 0 unspecified atom stereocenters. The Morgan fingerprint density at radius 1 is 0.774 bits per heavy atom. The maximum atomic E-state index is 9.44. The van der Waals surface area contributed by atoms with Crippen LogP contribution in [0.1, 0.15) is 25.0 Å². The van der Waals surface area contributed by atoms with E-state index in [1.807, 2.05) is 58.2 Å². The van der Waals surface area contributed by atoms with E-state index in [9.17, 15) is 25.9 Å². The third-order valence-electron chi connectivity index (χ3n) is 3.28. The quantitative estimate of drug-likeness (QED) is 0.183. The predicted molar refractivity (Wildman–Crippen MR) is 108 cm³/mol. The number of hydrogen-bond donors (Lipinski definition) is 2. The molecule has 31 heavy (non-hydrogen) atoms. The first kappa shape index (κ1) is 28.1. The van der Waals surface area contributed by atoms with Gasteiger partial charge in [0.15, 0.2) is 24.8 Å². The first-order valence-corrected chi connectivity index (χ1v) is 11.8. The molecule has 2 N–H and O–H groups in total. The molecule has 0 fully saturated rings. The number of aromatic nitrogens is 2. The van der Waals surface area contributed by atoms with E-state index in [0.717, 1.165) is 11.1 Å². The summed E-state index contributed by atoms with van der Waals surface area (Å²) in [5, 5.41) is 22.8. The minimum Gasteiger partial charge on any atom is -0.748 e. The molecule has 0 aliphatic carbocycles. The van der Waals surface area contributed by atoms with Gasteiger partial charge in [-0.25, -0.2) is 16.8 Å². The van der Waals surface area contributed by atoms with Gasteiger partial charge in [0.2, 0.25) is 0 Å². The third-order valence-corrected chi connectivity index (χ3v) is 4.70. The average molecular weight is 477 g/mol. The molecule has 12 nitrogen and oxygen atoms in total. The van der Waals surface area contributed by atoms with Crippen molar-refractivity contribution in [2.75, 3.05) is 11.5 Å². The molecular weight excluding hydrogens is 452 g/mol. The van der Waals surface area contributed by atoms with Crippen molar-refractivity contribution in [3.05, 3.63) is 60.2 Å². The van der Waals surface area contributed by atoms with Gasteiger partial charge in [-0.3, -0.25) is 0 Å². The Kier molecular flexibility index (Phi) is 12.8. The molecule has 0 saturated heterocycles. The lowest BCUT2D eigenvalue weighted by molar-refractivity contribution is -0.913. The van der Waals surface area contributed by atoms with Crippen molar-refractivity contribution < 1.29 is 45.5 Å². The summed E-state index contributed by atoms with van der Waals surface area (Å²) < 4.78 is 60.6. The summed E-state index contributed by atoms with van der Waals surface area (Å²) in [7, 11) is -7.82.